The molecule has 0 atom stereocenters. The van der Waals surface area contributed by atoms with Crippen molar-refractivity contribution in [1.82, 2.24) is 0 Å². The zero-order valence-corrected chi connectivity index (χ0v) is 21.5. The summed E-state index contributed by atoms with van der Waals surface area (Å²) in [4.78, 5) is 27.7. The second-order valence-electron chi connectivity index (χ2n) is 8.08. The highest BCUT2D eigenvalue weighted by Crippen LogP contribution is 2.43. The Labute approximate surface area is 220 Å². The van der Waals surface area contributed by atoms with Crippen LogP contribution in [-0.4, -0.2) is 25.2 Å². The van der Waals surface area contributed by atoms with Crippen LogP contribution in [0.15, 0.2) is 94.7 Å². The number of hydrogen-bond acceptors (Lipinski definition) is 7. The molecule has 7 heteroatoms. The summed E-state index contributed by atoms with van der Waals surface area (Å²) in [7, 11) is 0. The van der Waals surface area contributed by atoms with Crippen LogP contribution in [0.5, 0.6) is 0 Å². The summed E-state index contributed by atoms with van der Waals surface area (Å²) in [6.07, 6.45) is 0. The summed E-state index contributed by atoms with van der Waals surface area (Å²) in [6, 6.07) is 25.9. The second-order valence-corrected chi connectivity index (χ2v) is 9.16. The van der Waals surface area contributed by atoms with Gasteiger partial charge in [0.15, 0.2) is 0 Å². The van der Waals surface area contributed by atoms with E-state index in [-0.39, 0.29) is 13.2 Å². The van der Waals surface area contributed by atoms with E-state index in [1.54, 1.807) is 38.1 Å². The van der Waals surface area contributed by atoms with Crippen LogP contribution < -0.4 is 11.5 Å². The van der Waals surface area contributed by atoms with E-state index in [1.165, 1.54) is 11.8 Å². The summed E-state index contributed by atoms with van der Waals surface area (Å²) < 4.78 is 10.9. The molecule has 4 rings (SSSR count). The van der Waals surface area contributed by atoms with Crippen molar-refractivity contribution in [2.24, 2.45) is 0 Å². The largest absolute Gasteiger partial charge is 0.462 e. The van der Waals surface area contributed by atoms with Crippen LogP contribution in [0.4, 0.5) is 11.4 Å². The molecular weight excluding hydrogens is 484 g/mol. The minimum atomic E-state index is -0.493. The summed E-state index contributed by atoms with van der Waals surface area (Å²) in [5.74, 6) is -0.986. The van der Waals surface area contributed by atoms with Crippen LogP contribution in [0.2, 0.25) is 0 Å². The Kier molecular flexibility index (Phi) is 8.15. The van der Waals surface area contributed by atoms with E-state index in [2.05, 4.69) is 0 Å². The third kappa shape index (κ3) is 5.47. The third-order valence-electron chi connectivity index (χ3n) is 5.70. The van der Waals surface area contributed by atoms with E-state index in [4.69, 9.17) is 20.9 Å². The number of ether oxygens (including phenoxy) is 2. The van der Waals surface area contributed by atoms with Crippen molar-refractivity contribution >= 4 is 35.1 Å². The van der Waals surface area contributed by atoms with Gasteiger partial charge >= 0.3 is 11.9 Å². The van der Waals surface area contributed by atoms with Gasteiger partial charge in [0, 0.05) is 32.3 Å². The molecule has 0 amide bonds. The molecule has 4 aromatic carbocycles. The highest BCUT2D eigenvalue weighted by atomic mass is 32.2. The molecule has 0 aliphatic carbocycles. The number of carbonyl (C=O) groups excluding carboxylic acids is 2. The molecule has 0 heterocycles. The van der Waals surface area contributed by atoms with Gasteiger partial charge in [0.2, 0.25) is 0 Å². The maximum absolute atomic E-state index is 13.3. The lowest BCUT2D eigenvalue weighted by atomic mass is 9.97. The predicted octanol–water partition coefficient (Wildman–Crippen LogP) is 6.69. The molecule has 4 N–H and O–H groups in total. The molecule has 188 valence electrons. The van der Waals surface area contributed by atoms with Crippen molar-refractivity contribution in [1.29, 1.82) is 0 Å². The lowest BCUT2D eigenvalue weighted by Crippen LogP contribution is -2.12. The Morgan fingerprint density at radius 1 is 0.622 bits per heavy atom. The Hall–Kier alpha value is -4.23. The highest BCUT2D eigenvalue weighted by Gasteiger charge is 2.26. The predicted molar refractivity (Wildman–Crippen MR) is 149 cm³/mol. The fourth-order valence-electron chi connectivity index (χ4n) is 4.13. The zero-order valence-electron chi connectivity index (χ0n) is 20.7. The van der Waals surface area contributed by atoms with Gasteiger partial charge in [-0.3, -0.25) is 0 Å². The van der Waals surface area contributed by atoms with Crippen LogP contribution in [-0.2, 0) is 9.47 Å². The van der Waals surface area contributed by atoms with Crippen molar-refractivity contribution in [3.05, 3.63) is 96.1 Å². The number of rotatable bonds is 8. The van der Waals surface area contributed by atoms with Gasteiger partial charge < -0.3 is 20.9 Å². The first-order chi connectivity index (χ1) is 18.0. The van der Waals surface area contributed by atoms with Crippen LogP contribution in [0.25, 0.3) is 22.3 Å². The number of carbonyl (C=O) groups is 2. The minimum Gasteiger partial charge on any atom is -0.462 e. The van der Waals surface area contributed by atoms with Crippen molar-refractivity contribution in [2.75, 3.05) is 24.7 Å². The normalized spacial score (nSPS) is 10.6. The first kappa shape index (κ1) is 25.9. The van der Waals surface area contributed by atoms with Crippen LogP contribution >= 0.6 is 11.8 Å². The summed E-state index contributed by atoms with van der Waals surface area (Å²) in [6.45, 7) is 3.93. The maximum Gasteiger partial charge on any atom is 0.339 e. The van der Waals surface area contributed by atoms with Gasteiger partial charge in [-0.15, -0.1) is 0 Å². The fraction of sp³-hybridized carbons (Fsp3) is 0.133. The molecule has 0 fully saturated rings. The number of esters is 2. The van der Waals surface area contributed by atoms with Crippen LogP contribution in [0, 0.1) is 0 Å². The molecule has 0 aliphatic rings. The van der Waals surface area contributed by atoms with E-state index < -0.39 is 11.9 Å². The zero-order chi connectivity index (χ0) is 26.4. The smallest absolute Gasteiger partial charge is 0.339 e. The quantitative estimate of drug-likeness (QED) is 0.200. The molecule has 0 aliphatic heterocycles. The van der Waals surface area contributed by atoms with Crippen molar-refractivity contribution in [2.45, 2.75) is 23.6 Å². The van der Waals surface area contributed by atoms with E-state index in [0.29, 0.717) is 43.4 Å². The van der Waals surface area contributed by atoms with Gasteiger partial charge in [-0.2, -0.15) is 0 Å². The number of nitrogen functional groups attached to an aromatic ring is 2. The van der Waals surface area contributed by atoms with Crippen molar-refractivity contribution in [3.8, 4) is 22.3 Å². The molecule has 6 nitrogen and oxygen atoms in total. The molecule has 0 bridgehead atoms. The van der Waals surface area contributed by atoms with Gasteiger partial charge in [0.1, 0.15) is 0 Å². The third-order valence-corrected chi connectivity index (χ3v) is 6.82. The van der Waals surface area contributed by atoms with Gasteiger partial charge in [-0.05, 0) is 49.2 Å². The second kappa shape index (κ2) is 11.7. The summed E-state index contributed by atoms with van der Waals surface area (Å²) in [5, 5.41) is 0. The number of benzene rings is 4. The highest BCUT2D eigenvalue weighted by molar-refractivity contribution is 7.99. The van der Waals surface area contributed by atoms with Gasteiger partial charge in [0.25, 0.3) is 0 Å². The standard InChI is InChI=1S/C30H28N2O4S/c1-3-35-29(33)27-23(17-15-21(31)25(27)19-11-7-5-8-12-19)37-24-18-16-22(32)26(20-13-9-6-10-14-20)28(24)30(34)36-4-2/h5-18H,3-4,31-32H2,1-2H3. The Bertz CT molecular complexity index is 1310. The molecule has 0 radical (unpaired) electrons. The Balaban J connectivity index is 1.95. The average Bonchev–Trinajstić information content (AvgIpc) is 2.91. The first-order valence-corrected chi connectivity index (χ1v) is 12.8. The lowest BCUT2D eigenvalue weighted by molar-refractivity contribution is 0.0514. The first-order valence-electron chi connectivity index (χ1n) is 11.9. The van der Waals surface area contributed by atoms with Crippen molar-refractivity contribution in [3.63, 3.8) is 0 Å². The monoisotopic (exact) mass is 512 g/mol. The molecule has 0 aromatic heterocycles. The van der Waals surface area contributed by atoms with Gasteiger partial charge in [-0.25, -0.2) is 9.59 Å². The topological polar surface area (TPSA) is 105 Å². The van der Waals surface area contributed by atoms with E-state index in [1.807, 2.05) is 60.7 Å². The SMILES string of the molecule is CCOC(=O)c1c(Sc2ccc(N)c(-c3ccccc3)c2C(=O)OCC)ccc(N)c1-c1ccccc1. The Morgan fingerprint density at radius 3 is 1.35 bits per heavy atom. The van der Waals surface area contributed by atoms with Crippen LogP contribution in [0.3, 0.4) is 0 Å². The molecule has 4 aromatic rings. The summed E-state index contributed by atoms with van der Waals surface area (Å²) >= 11 is 1.27. The Morgan fingerprint density at radius 2 is 1.00 bits per heavy atom. The van der Waals surface area contributed by atoms with Crippen LogP contribution in [0.1, 0.15) is 34.6 Å². The van der Waals surface area contributed by atoms with E-state index in [9.17, 15) is 9.59 Å². The van der Waals surface area contributed by atoms with E-state index in [0.717, 1.165) is 11.1 Å². The molecular formula is C30H28N2O4S. The average molecular weight is 513 g/mol. The number of nitrogens with two attached hydrogens (primary N) is 2. The van der Waals surface area contributed by atoms with Crippen molar-refractivity contribution < 1.29 is 19.1 Å². The minimum absolute atomic E-state index is 0.208. The van der Waals surface area contributed by atoms with Gasteiger partial charge in [-0.1, -0.05) is 72.4 Å². The maximum atomic E-state index is 13.3. The molecule has 0 unspecified atom stereocenters. The lowest BCUT2D eigenvalue weighted by Gasteiger charge is -2.19. The molecule has 0 saturated carbocycles. The summed E-state index contributed by atoms with van der Waals surface area (Å²) in [5.41, 5.74) is 17.1. The fourth-order valence-corrected chi connectivity index (χ4v) is 5.22. The molecule has 0 spiro atoms. The van der Waals surface area contributed by atoms with E-state index >= 15 is 0 Å². The molecule has 37 heavy (non-hydrogen) atoms. The van der Waals surface area contributed by atoms with Gasteiger partial charge in [0.05, 0.1) is 24.3 Å². The number of anilines is 2. The molecule has 0 saturated heterocycles. The number of hydrogen-bond donors (Lipinski definition) is 2.